The van der Waals surface area contributed by atoms with Crippen LogP contribution in [0.1, 0.15) is 55.5 Å². The van der Waals surface area contributed by atoms with Gasteiger partial charge < -0.3 is 9.64 Å². The molecule has 6 nitrogen and oxygen atoms in total. The molecular weight excluding hydrogens is 424 g/mol. The molecule has 7 heteroatoms. The molecule has 0 spiro atoms. The third kappa shape index (κ3) is 6.99. The van der Waals surface area contributed by atoms with Gasteiger partial charge in [0.05, 0.1) is 12.4 Å². The number of sulfonamides is 1. The van der Waals surface area contributed by atoms with E-state index in [2.05, 4.69) is 16.9 Å². The van der Waals surface area contributed by atoms with E-state index in [4.69, 9.17) is 4.74 Å². The van der Waals surface area contributed by atoms with Crippen LogP contribution in [0.25, 0.3) is 0 Å². The van der Waals surface area contributed by atoms with Crippen molar-refractivity contribution in [2.45, 2.75) is 46.0 Å². The number of nitrogens with one attached hydrogen (secondary N) is 1. The van der Waals surface area contributed by atoms with E-state index in [0.717, 1.165) is 44.5 Å². The van der Waals surface area contributed by atoms with E-state index in [-0.39, 0.29) is 11.7 Å². The zero-order valence-corrected chi connectivity index (χ0v) is 19.9. The summed E-state index contributed by atoms with van der Waals surface area (Å²) in [7, 11) is -3.38. The molecule has 1 N–H and O–H groups in total. The highest BCUT2D eigenvalue weighted by Gasteiger charge is 2.24. The number of hydrogen-bond donors (Lipinski definition) is 1. The molecule has 0 saturated carbocycles. The van der Waals surface area contributed by atoms with E-state index < -0.39 is 10.0 Å². The Morgan fingerprint density at radius 1 is 1.09 bits per heavy atom. The van der Waals surface area contributed by atoms with Gasteiger partial charge in [0.1, 0.15) is 5.75 Å². The van der Waals surface area contributed by atoms with Gasteiger partial charge in [-0.1, -0.05) is 25.1 Å². The van der Waals surface area contributed by atoms with Gasteiger partial charge in [-0.3, -0.25) is 9.52 Å². The van der Waals surface area contributed by atoms with Crippen molar-refractivity contribution in [2.24, 2.45) is 5.92 Å². The SMILES string of the molecule is CCCS(=O)(=O)Nc1cccc(C(=O)N2CCC(CCc3ccc(OCC)cc3)CC2)c1. The Kier molecular flexibility index (Phi) is 8.56. The number of anilines is 1. The molecular formula is C25H34N2O4S. The number of benzene rings is 2. The van der Waals surface area contributed by atoms with E-state index in [1.54, 1.807) is 24.3 Å². The monoisotopic (exact) mass is 458 g/mol. The normalized spacial score (nSPS) is 14.9. The second kappa shape index (κ2) is 11.4. The Balaban J connectivity index is 1.49. The van der Waals surface area contributed by atoms with Crippen LogP contribution in [0.15, 0.2) is 48.5 Å². The van der Waals surface area contributed by atoms with Gasteiger partial charge in [0.2, 0.25) is 10.0 Å². The van der Waals surface area contributed by atoms with Gasteiger partial charge in [0.25, 0.3) is 5.91 Å². The average Bonchev–Trinajstić information content (AvgIpc) is 2.78. The number of ether oxygens (including phenoxy) is 1. The summed E-state index contributed by atoms with van der Waals surface area (Å²) in [6.45, 7) is 5.95. The zero-order valence-electron chi connectivity index (χ0n) is 19.0. The van der Waals surface area contributed by atoms with Crippen molar-refractivity contribution in [1.29, 1.82) is 0 Å². The van der Waals surface area contributed by atoms with Gasteiger partial charge in [0, 0.05) is 24.3 Å². The summed E-state index contributed by atoms with van der Waals surface area (Å²) in [5.41, 5.74) is 2.28. The largest absolute Gasteiger partial charge is 0.494 e. The van der Waals surface area contributed by atoms with Crippen LogP contribution in [0.4, 0.5) is 5.69 Å². The number of amides is 1. The number of carbonyl (C=O) groups excluding carboxylic acids is 1. The standard InChI is InChI=1S/C25H34N2O4S/c1-3-18-32(29,30)26-23-7-5-6-22(19-23)25(28)27-16-14-21(15-17-27)9-8-20-10-12-24(13-11-20)31-4-2/h5-7,10-13,19,21,26H,3-4,8-9,14-18H2,1-2H3. The first kappa shape index (κ1) is 24.1. The summed E-state index contributed by atoms with van der Waals surface area (Å²) in [4.78, 5) is 14.8. The lowest BCUT2D eigenvalue weighted by molar-refractivity contribution is 0.0687. The molecule has 32 heavy (non-hydrogen) atoms. The van der Waals surface area contributed by atoms with E-state index in [9.17, 15) is 13.2 Å². The highest BCUT2D eigenvalue weighted by molar-refractivity contribution is 7.92. The van der Waals surface area contributed by atoms with Crippen LogP contribution >= 0.6 is 0 Å². The van der Waals surface area contributed by atoms with Crippen molar-refractivity contribution in [3.05, 3.63) is 59.7 Å². The Morgan fingerprint density at radius 3 is 2.47 bits per heavy atom. The zero-order chi connectivity index (χ0) is 23.0. The van der Waals surface area contributed by atoms with Crippen molar-refractivity contribution >= 4 is 21.6 Å². The fraction of sp³-hybridized carbons (Fsp3) is 0.480. The van der Waals surface area contributed by atoms with Crippen molar-refractivity contribution in [2.75, 3.05) is 30.2 Å². The molecule has 174 valence electrons. The molecule has 1 fully saturated rings. The van der Waals surface area contributed by atoms with Crippen molar-refractivity contribution < 1.29 is 17.9 Å². The molecule has 1 amide bonds. The van der Waals surface area contributed by atoms with E-state index in [1.165, 1.54) is 5.56 Å². The minimum atomic E-state index is -3.38. The molecule has 2 aromatic rings. The Bertz CT molecular complexity index is 981. The van der Waals surface area contributed by atoms with E-state index in [1.807, 2.05) is 30.9 Å². The number of rotatable bonds is 10. The van der Waals surface area contributed by atoms with Crippen LogP contribution in [0.2, 0.25) is 0 Å². The lowest BCUT2D eigenvalue weighted by Crippen LogP contribution is -2.38. The van der Waals surface area contributed by atoms with Crippen molar-refractivity contribution in [1.82, 2.24) is 4.90 Å². The molecule has 1 aliphatic heterocycles. The number of piperidine rings is 1. The molecule has 0 atom stereocenters. The number of aryl methyl sites for hydroxylation is 1. The summed E-state index contributed by atoms with van der Waals surface area (Å²) >= 11 is 0. The first-order valence-electron chi connectivity index (χ1n) is 11.5. The summed E-state index contributed by atoms with van der Waals surface area (Å²) in [5.74, 6) is 1.55. The number of carbonyl (C=O) groups is 1. The molecule has 0 aliphatic carbocycles. The Hall–Kier alpha value is -2.54. The van der Waals surface area contributed by atoms with Crippen LogP contribution in [-0.4, -0.2) is 44.7 Å². The third-order valence-corrected chi connectivity index (χ3v) is 7.33. The average molecular weight is 459 g/mol. The quantitative estimate of drug-likeness (QED) is 0.559. The maximum Gasteiger partial charge on any atom is 0.253 e. The highest BCUT2D eigenvalue weighted by Crippen LogP contribution is 2.25. The number of hydrogen-bond acceptors (Lipinski definition) is 4. The van der Waals surface area contributed by atoms with Crippen LogP contribution in [0.3, 0.4) is 0 Å². The smallest absolute Gasteiger partial charge is 0.253 e. The van der Waals surface area contributed by atoms with Crippen LogP contribution in [0, 0.1) is 5.92 Å². The first-order chi connectivity index (χ1) is 15.4. The molecule has 0 unspecified atom stereocenters. The molecule has 0 aromatic heterocycles. The van der Waals surface area contributed by atoms with Gasteiger partial charge in [-0.15, -0.1) is 0 Å². The third-order valence-electron chi connectivity index (χ3n) is 5.83. The summed E-state index contributed by atoms with van der Waals surface area (Å²) in [6.07, 6.45) is 4.67. The molecule has 0 radical (unpaired) electrons. The van der Waals surface area contributed by atoms with Crippen LogP contribution in [0.5, 0.6) is 5.75 Å². The van der Waals surface area contributed by atoms with Crippen LogP contribution in [-0.2, 0) is 16.4 Å². The second-order valence-electron chi connectivity index (χ2n) is 8.35. The van der Waals surface area contributed by atoms with Gasteiger partial charge in [-0.25, -0.2) is 8.42 Å². The molecule has 1 aliphatic rings. The maximum atomic E-state index is 13.0. The van der Waals surface area contributed by atoms with E-state index in [0.29, 0.717) is 30.2 Å². The topological polar surface area (TPSA) is 75.7 Å². The van der Waals surface area contributed by atoms with Gasteiger partial charge >= 0.3 is 0 Å². The fourth-order valence-electron chi connectivity index (χ4n) is 4.11. The minimum Gasteiger partial charge on any atom is -0.494 e. The molecule has 0 bridgehead atoms. The number of likely N-dealkylation sites (tertiary alicyclic amines) is 1. The van der Waals surface area contributed by atoms with E-state index >= 15 is 0 Å². The predicted molar refractivity (Wildman–Crippen MR) is 129 cm³/mol. The highest BCUT2D eigenvalue weighted by atomic mass is 32.2. The number of nitrogens with zero attached hydrogens (tertiary/aromatic N) is 1. The van der Waals surface area contributed by atoms with Crippen LogP contribution < -0.4 is 9.46 Å². The van der Waals surface area contributed by atoms with Crippen molar-refractivity contribution in [3.63, 3.8) is 0 Å². The lowest BCUT2D eigenvalue weighted by Gasteiger charge is -2.32. The van der Waals surface area contributed by atoms with Crippen molar-refractivity contribution in [3.8, 4) is 5.75 Å². The first-order valence-corrected chi connectivity index (χ1v) is 13.2. The predicted octanol–water partition coefficient (Wildman–Crippen LogP) is 4.72. The second-order valence-corrected chi connectivity index (χ2v) is 10.2. The Labute approximate surface area is 192 Å². The molecule has 3 rings (SSSR count). The van der Waals surface area contributed by atoms with Gasteiger partial charge in [-0.2, -0.15) is 0 Å². The van der Waals surface area contributed by atoms with Gasteiger partial charge in [0.15, 0.2) is 0 Å². The lowest BCUT2D eigenvalue weighted by atomic mass is 9.90. The summed E-state index contributed by atoms with van der Waals surface area (Å²) < 4.78 is 32.1. The summed E-state index contributed by atoms with van der Waals surface area (Å²) in [6, 6.07) is 15.1. The molecule has 2 aromatic carbocycles. The van der Waals surface area contributed by atoms with Gasteiger partial charge in [-0.05, 0) is 80.8 Å². The minimum absolute atomic E-state index is 0.0356. The Morgan fingerprint density at radius 2 is 1.81 bits per heavy atom. The molecule has 1 saturated heterocycles. The summed E-state index contributed by atoms with van der Waals surface area (Å²) in [5, 5.41) is 0. The fourth-order valence-corrected chi connectivity index (χ4v) is 5.24. The maximum absolute atomic E-state index is 13.0. The molecule has 1 heterocycles.